The van der Waals surface area contributed by atoms with Gasteiger partial charge in [-0.3, -0.25) is 9.59 Å². The van der Waals surface area contributed by atoms with Gasteiger partial charge in [0.15, 0.2) is 0 Å². The molecule has 2 atom stereocenters. The van der Waals surface area contributed by atoms with Gasteiger partial charge in [0, 0.05) is 43.1 Å². The molecule has 1 aromatic carbocycles. The van der Waals surface area contributed by atoms with E-state index in [1.54, 1.807) is 12.3 Å². The Kier molecular flexibility index (Phi) is 2.82. The average Bonchev–Trinajstić information content (AvgIpc) is 3.08. The highest BCUT2D eigenvalue weighted by Gasteiger charge is 2.38. The lowest BCUT2D eigenvalue weighted by Crippen LogP contribution is -2.32. The maximum absolute atomic E-state index is 12.8. The van der Waals surface area contributed by atoms with Crippen LogP contribution in [0.4, 0.5) is 0 Å². The van der Waals surface area contributed by atoms with Crippen LogP contribution in [0.15, 0.2) is 35.3 Å². The Morgan fingerprint density at radius 3 is 2.48 bits per heavy atom. The quantitative estimate of drug-likeness (QED) is 0.814. The monoisotopic (exact) mass is 283 g/mol. The molecule has 2 aliphatic rings. The van der Waals surface area contributed by atoms with Crippen molar-refractivity contribution in [2.24, 2.45) is 11.8 Å². The number of H-pyrrole nitrogens is 1. The maximum atomic E-state index is 12.8. The van der Waals surface area contributed by atoms with Gasteiger partial charge in [-0.05, 0) is 17.9 Å². The SMILES string of the molecule is O=C(c1c[nH]c(=O)c2ccccc12)N1C[C@H]2CNC[C@H]2C1. The first-order chi connectivity index (χ1) is 10.2. The Morgan fingerprint density at radius 2 is 1.76 bits per heavy atom. The van der Waals surface area contributed by atoms with E-state index in [0.29, 0.717) is 22.8 Å². The molecule has 0 saturated carbocycles. The molecule has 1 aromatic heterocycles. The molecule has 4 rings (SSSR count). The highest BCUT2D eigenvalue weighted by molar-refractivity contribution is 6.06. The van der Waals surface area contributed by atoms with Crippen molar-refractivity contribution in [1.29, 1.82) is 0 Å². The number of nitrogens with one attached hydrogen (secondary N) is 2. The van der Waals surface area contributed by atoms with Crippen molar-refractivity contribution in [1.82, 2.24) is 15.2 Å². The molecule has 2 saturated heterocycles. The van der Waals surface area contributed by atoms with Crippen LogP contribution in [0.3, 0.4) is 0 Å². The van der Waals surface area contributed by atoms with Gasteiger partial charge in [-0.1, -0.05) is 18.2 Å². The lowest BCUT2D eigenvalue weighted by molar-refractivity contribution is 0.0783. The van der Waals surface area contributed by atoms with Gasteiger partial charge in [0.1, 0.15) is 0 Å². The Hall–Kier alpha value is -2.14. The molecule has 2 aliphatic heterocycles. The van der Waals surface area contributed by atoms with Gasteiger partial charge in [-0.25, -0.2) is 0 Å². The lowest BCUT2D eigenvalue weighted by atomic mass is 10.0. The summed E-state index contributed by atoms with van der Waals surface area (Å²) in [6.07, 6.45) is 1.55. The van der Waals surface area contributed by atoms with Gasteiger partial charge in [0.2, 0.25) is 0 Å². The van der Waals surface area contributed by atoms with E-state index in [4.69, 9.17) is 0 Å². The Labute approximate surface area is 122 Å². The number of rotatable bonds is 1. The molecule has 5 nitrogen and oxygen atoms in total. The predicted octanol–water partition coefficient (Wildman–Crippen LogP) is 0.819. The van der Waals surface area contributed by atoms with Gasteiger partial charge in [0.05, 0.1) is 5.56 Å². The fraction of sp³-hybridized carbons (Fsp3) is 0.375. The number of likely N-dealkylation sites (tertiary alicyclic amines) is 1. The van der Waals surface area contributed by atoms with E-state index in [2.05, 4.69) is 10.3 Å². The van der Waals surface area contributed by atoms with Crippen LogP contribution in [-0.4, -0.2) is 42.0 Å². The van der Waals surface area contributed by atoms with Crippen LogP contribution in [0, 0.1) is 11.8 Å². The molecular formula is C16H17N3O2. The topological polar surface area (TPSA) is 65.2 Å². The molecule has 108 valence electrons. The van der Waals surface area contributed by atoms with Crippen LogP contribution in [0.5, 0.6) is 0 Å². The average molecular weight is 283 g/mol. The smallest absolute Gasteiger partial charge is 0.255 e. The van der Waals surface area contributed by atoms with Crippen LogP contribution in [0.25, 0.3) is 10.8 Å². The van der Waals surface area contributed by atoms with Crippen molar-refractivity contribution in [3.8, 4) is 0 Å². The Balaban J connectivity index is 1.72. The second kappa shape index (κ2) is 4.70. The van der Waals surface area contributed by atoms with E-state index in [1.165, 1.54) is 0 Å². The third-order valence-corrected chi connectivity index (χ3v) is 4.72. The van der Waals surface area contributed by atoms with E-state index >= 15 is 0 Å². The third kappa shape index (κ3) is 1.96. The summed E-state index contributed by atoms with van der Waals surface area (Å²) in [5.41, 5.74) is 0.447. The summed E-state index contributed by atoms with van der Waals surface area (Å²) in [5, 5.41) is 4.69. The number of nitrogens with zero attached hydrogens (tertiary/aromatic N) is 1. The van der Waals surface area contributed by atoms with E-state index in [0.717, 1.165) is 31.6 Å². The van der Waals surface area contributed by atoms with Crippen molar-refractivity contribution in [2.45, 2.75) is 0 Å². The fourth-order valence-corrected chi connectivity index (χ4v) is 3.58. The summed E-state index contributed by atoms with van der Waals surface area (Å²) in [4.78, 5) is 29.2. The predicted molar refractivity (Wildman–Crippen MR) is 80.3 cm³/mol. The van der Waals surface area contributed by atoms with Crippen LogP contribution in [0.1, 0.15) is 10.4 Å². The molecule has 2 fully saturated rings. The molecule has 2 aromatic rings. The number of amides is 1. The summed E-state index contributed by atoms with van der Waals surface area (Å²) in [5.74, 6) is 1.17. The second-order valence-corrected chi connectivity index (χ2v) is 5.97. The fourth-order valence-electron chi connectivity index (χ4n) is 3.58. The number of pyridine rings is 1. The van der Waals surface area contributed by atoms with Gasteiger partial charge < -0.3 is 15.2 Å². The third-order valence-electron chi connectivity index (χ3n) is 4.72. The number of aromatic amines is 1. The Morgan fingerprint density at radius 1 is 1.10 bits per heavy atom. The molecule has 0 unspecified atom stereocenters. The molecule has 21 heavy (non-hydrogen) atoms. The van der Waals surface area contributed by atoms with Crippen molar-refractivity contribution >= 4 is 16.7 Å². The minimum atomic E-state index is -0.148. The van der Waals surface area contributed by atoms with Gasteiger partial charge in [-0.15, -0.1) is 0 Å². The molecule has 2 N–H and O–H groups in total. The lowest BCUT2D eigenvalue weighted by Gasteiger charge is -2.18. The van der Waals surface area contributed by atoms with Gasteiger partial charge in [-0.2, -0.15) is 0 Å². The number of benzene rings is 1. The zero-order valence-electron chi connectivity index (χ0n) is 11.6. The number of hydrogen-bond donors (Lipinski definition) is 2. The first kappa shape index (κ1) is 12.6. The largest absolute Gasteiger partial charge is 0.338 e. The second-order valence-electron chi connectivity index (χ2n) is 5.97. The normalized spacial score (nSPS) is 24.5. The summed E-state index contributed by atoms with van der Waals surface area (Å²) >= 11 is 0. The van der Waals surface area contributed by atoms with Crippen molar-refractivity contribution in [3.63, 3.8) is 0 Å². The van der Waals surface area contributed by atoms with Crippen LogP contribution < -0.4 is 10.9 Å². The number of carbonyl (C=O) groups is 1. The van der Waals surface area contributed by atoms with Crippen molar-refractivity contribution < 1.29 is 4.79 Å². The number of aromatic nitrogens is 1. The molecule has 3 heterocycles. The molecule has 0 bridgehead atoms. The van der Waals surface area contributed by atoms with Crippen LogP contribution in [0.2, 0.25) is 0 Å². The van der Waals surface area contributed by atoms with E-state index < -0.39 is 0 Å². The van der Waals surface area contributed by atoms with Crippen molar-refractivity contribution in [3.05, 3.63) is 46.4 Å². The van der Waals surface area contributed by atoms with E-state index in [1.807, 2.05) is 23.1 Å². The van der Waals surface area contributed by atoms with E-state index in [-0.39, 0.29) is 11.5 Å². The number of hydrogen-bond acceptors (Lipinski definition) is 3. The highest BCUT2D eigenvalue weighted by atomic mass is 16.2. The minimum absolute atomic E-state index is 0.0249. The molecule has 1 amide bonds. The summed E-state index contributed by atoms with van der Waals surface area (Å²) in [6.45, 7) is 3.62. The van der Waals surface area contributed by atoms with E-state index in [9.17, 15) is 9.59 Å². The molecule has 5 heteroatoms. The molecule has 0 spiro atoms. The maximum Gasteiger partial charge on any atom is 0.255 e. The Bertz CT molecular complexity index is 755. The molecular weight excluding hydrogens is 266 g/mol. The zero-order valence-corrected chi connectivity index (χ0v) is 11.6. The number of carbonyl (C=O) groups excluding carboxylic acids is 1. The van der Waals surface area contributed by atoms with Crippen molar-refractivity contribution in [2.75, 3.05) is 26.2 Å². The highest BCUT2D eigenvalue weighted by Crippen LogP contribution is 2.28. The van der Waals surface area contributed by atoms with Crippen LogP contribution in [-0.2, 0) is 0 Å². The molecule has 0 aliphatic carbocycles. The first-order valence-electron chi connectivity index (χ1n) is 7.34. The van der Waals surface area contributed by atoms with Gasteiger partial charge in [0.25, 0.3) is 11.5 Å². The molecule has 0 radical (unpaired) electrons. The van der Waals surface area contributed by atoms with Gasteiger partial charge >= 0.3 is 0 Å². The summed E-state index contributed by atoms with van der Waals surface area (Å²) < 4.78 is 0. The summed E-state index contributed by atoms with van der Waals surface area (Å²) in [6, 6.07) is 7.28. The standard InChI is InChI=1S/C16H17N3O2/c20-15-13-4-2-1-3-12(13)14(7-18-15)16(21)19-8-10-5-17-6-11(10)9-19/h1-4,7,10-11,17H,5-6,8-9H2,(H,18,20)/t10-,11+. The first-order valence-corrected chi connectivity index (χ1v) is 7.34. The zero-order chi connectivity index (χ0) is 14.4. The minimum Gasteiger partial charge on any atom is -0.338 e. The summed E-state index contributed by atoms with van der Waals surface area (Å²) in [7, 11) is 0. The van der Waals surface area contributed by atoms with Crippen LogP contribution >= 0.6 is 0 Å². The number of fused-ring (bicyclic) bond motifs is 2.